The monoisotopic (exact) mass is 359 g/mol. The zero-order valence-corrected chi connectivity index (χ0v) is 14.6. The number of carbonyl (C=O) groups is 1. The molecular formula is C20H13N3O2S. The second kappa shape index (κ2) is 6.25. The van der Waals surface area contributed by atoms with Crippen molar-refractivity contribution in [1.29, 1.82) is 10.5 Å². The quantitative estimate of drug-likeness (QED) is 0.810. The number of thiophene rings is 1. The lowest BCUT2D eigenvalue weighted by Crippen LogP contribution is -2.08. The molecule has 4 rings (SSSR count). The smallest absolute Gasteiger partial charge is 0.200 e. The summed E-state index contributed by atoms with van der Waals surface area (Å²) in [6.07, 6.45) is 3.85. The average molecular weight is 359 g/mol. The van der Waals surface area contributed by atoms with E-state index in [-0.39, 0.29) is 17.0 Å². The van der Waals surface area contributed by atoms with E-state index in [9.17, 15) is 20.4 Å². The van der Waals surface area contributed by atoms with E-state index in [1.807, 2.05) is 6.07 Å². The predicted molar refractivity (Wildman–Crippen MR) is 98.7 cm³/mol. The van der Waals surface area contributed by atoms with E-state index in [0.29, 0.717) is 21.7 Å². The van der Waals surface area contributed by atoms with Crippen LogP contribution in [0.15, 0.2) is 34.8 Å². The van der Waals surface area contributed by atoms with Crippen LogP contribution < -0.4 is 0 Å². The summed E-state index contributed by atoms with van der Waals surface area (Å²) >= 11 is 1.40. The highest BCUT2D eigenvalue weighted by atomic mass is 32.1. The second-order valence-electron chi connectivity index (χ2n) is 6.17. The molecule has 1 heterocycles. The van der Waals surface area contributed by atoms with Crippen molar-refractivity contribution in [1.82, 2.24) is 0 Å². The molecule has 6 heteroatoms. The number of hydrogen-bond donors (Lipinski definition) is 1. The number of ketones is 1. The van der Waals surface area contributed by atoms with Crippen molar-refractivity contribution >= 4 is 33.6 Å². The van der Waals surface area contributed by atoms with Crippen molar-refractivity contribution in [3.8, 4) is 12.1 Å². The number of nitrogens with zero attached hydrogens (tertiary/aromatic N) is 3. The van der Waals surface area contributed by atoms with Crippen molar-refractivity contribution in [2.75, 3.05) is 0 Å². The highest BCUT2D eigenvalue weighted by molar-refractivity contribution is 7.16. The van der Waals surface area contributed by atoms with Crippen LogP contribution >= 0.6 is 11.3 Å². The van der Waals surface area contributed by atoms with Crippen LogP contribution in [0.5, 0.6) is 0 Å². The Balaban J connectivity index is 1.85. The molecule has 26 heavy (non-hydrogen) atoms. The van der Waals surface area contributed by atoms with Crippen LogP contribution in [0.25, 0.3) is 5.76 Å². The summed E-state index contributed by atoms with van der Waals surface area (Å²) in [5.41, 5.74) is 2.01. The van der Waals surface area contributed by atoms with Crippen LogP contribution in [0.1, 0.15) is 44.8 Å². The Hall–Kier alpha value is -3.22. The van der Waals surface area contributed by atoms with Crippen LogP contribution in [0.2, 0.25) is 0 Å². The molecule has 0 radical (unpaired) electrons. The van der Waals surface area contributed by atoms with Gasteiger partial charge in [0.25, 0.3) is 0 Å². The largest absolute Gasteiger partial charge is 0.506 e. The first kappa shape index (κ1) is 16.3. The van der Waals surface area contributed by atoms with Gasteiger partial charge in [-0.2, -0.15) is 10.5 Å². The third-order valence-corrected chi connectivity index (χ3v) is 5.90. The number of fused-ring (bicyclic) bond motifs is 2. The Morgan fingerprint density at radius 3 is 2.58 bits per heavy atom. The standard InChI is InChI=1S/C20H13N3O2S/c21-9-14-11-5-3-4-8-16(11)26-20(14)23-15(10-22)17-18(24)12-6-1-2-7-13(12)19(17)25/h1-2,6-7,24H,3-5,8H2/b23-15+. The van der Waals surface area contributed by atoms with Gasteiger partial charge in [0.2, 0.25) is 0 Å². The molecule has 1 N–H and O–H groups in total. The van der Waals surface area contributed by atoms with Crippen molar-refractivity contribution in [3.63, 3.8) is 0 Å². The van der Waals surface area contributed by atoms with Crippen LogP contribution in [-0.4, -0.2) is 16.6 Å². The molecule has 2 aliphatic carbocycles. The van der Waals surface area contributed by atoms with Gasteiger partial charge in [-0.25, -0.2) is 4.99 Å². The Morgan fingerprint density at radius 1 is 1.15 bits per heavy atom. The van der Waals surface area contributed by atoms with Crippen molar-refractivity contribution in [2.45, 2.75) is 25.7 Å². The molecule has 2 aliphatic rings. The number of benzene rings is 1. The molecule has 5 nitrogen and oxygen atoms in total. The van der Waals surface area contributed by atoms with Crippen molar-refractivity contribution in [2.24, 2.45) is 4.99 Å². The zero-order chi connectivity index (χ0) is 18.3. The van der Waals surface area contributed by atoms with Gasteiger partial charge in [0.05, 0.1) is 5.56 Å². The molecule has 0 bridgehead atoms. The van der Waals surface area contributed by atoms with Gasteiger partial charge in [0, 0.05) is 16.0 Å². The fourth-order valence-corrected chi connectivity index (χ4v) is 4.68. The van der Waals surface area contributed by atoms with Gasteiger partial charge in [-0.1, -0.05) is 24.3 Å². The molecule has 0 saturated carbocycles. The highest BCUT2D eigenvalue weighted by Gasteiger charge is 2.33. The molecular weight excluding hydrogens is 346 g/mol. The number of allylic oxidation sites excluding steroid dienone is 1. The van der Waals surface area contributed by atoms with Gasteiger partial charge in [-0.15, -0.1) is 11.3 Å². The molecule has 1 aromatic carbocycles. The number of aliphatic hydroxyl groups excluding tert-OH is 1. The Bertz CT molecular complexity index is 1090. The summed E-state index contributed by atoms with van der Waals surface area (Å²) in [4.78, 5) is 18.1. The first-order valence-electron chi connectivity index (χ1n) is 8.26. The second-order valence-corrected chi connectivity index (χ2v) is 7.26. The van der Waals surface area contributed by atoms with Gasteiger partial charge in [-0.3, -0.25) is 4.79 Å². The van der Waals surface area contributed by atoms with Crippen LogP contribution in [0.3, 0.4) is 0 Å². The van der Waals surface area contributed by atoms with Gasteiger partial charge >= 0.3 is 0 Å². The van der Waals surface area contributed by atoms with Crippen molar-refractivity contribution < 1.29 is 9.90 Å². The zero-order valence-electron chi connectivity index (χ0n) is 13.7. The summed E-state index contributed by atoms with van der Waals surface area (Å²) in [6.45, 7) is 0. The average Bonchev–Trinajstić information content (AvgIpc) is 3.15. The number of nitriles is 2. The first-order valence-corrected chi connectivity index (χ1v) is 9.08. The Kier molecular flexibility index (Phi) is 3.91. The van der Waals surface area contributed by atoms with Gasteiger partial charge < -0.3 is 5.11 Å². The van der Waals surface area contributed by atoms with E-state index < -0.39 is 5.78 Å². The maximum atomic E-state index is 12.6. The number of aliphatic hydroxyl groups is 1. The minimum atomic E-state index is -0.418. The molecule has 126 valence electrons. The lowest BCUT2D eigenvalue weighted by atomic mass is 9.96. The number of hydrogen-bond acceptors (Lipinski definition) is 6. The molecule has 0 saturated heterocycles. The van der Waals surface area contributed by atoms with Crippen LogP contribution in [0.4, 0.5) is 5.00 Å². The number of aryl methyl sites for hydroxylation is 1. The lowest BCUT2D eigenvalue weighted by Gasteiger charge is -2.09. The summed E-state index contributed by atoms with van der Waals surface area (Å²) in [5.74, 6) is -0.649. The van der Waals surface area contributed by atoms with E-state index in [1.54, 1.807) is 24.3 Å². The maximum absolute atomic E-state index is 12.6. The normalized spacial score (nSPS) is 16.1. The molecule has 0 unspecified atom stereocenters. The fourth-order valence-electron chi connectivity index (χ4n) is 3.47. The maximum Gasteiger partial charge on any atom is 0.200 e. The molecule has 0 fully saturated rings. The first-order chi connectivity index (χ1) is 12.7. The molecule has 0 amide bonds. The summed E-state index contributed by atoms with van der Waals surface area (Å²) in [6, 6.07) is 10.8. The van der Waals surface area contributed by atoms with Crippen LogP contribution in [0, 0.1) is 22.7 Å². The SMILES string of the molecule is N#C/C(=N\c1sc2c(c1C#N)CCCC2)C1=C(O)c2ccccc2C1=O. The summed E-state index contributed by atoms with van der Waals surface area (Å²) in [7, 11) is 0. The number of carbonyl (C=O) groups excluding carboxylic acids is 1. The topological polar surface area (TPSA) is 97.2 Å². The van der Waals surface area contributed by atoms with E-state index >= 15 is 0 Å². The van der Waals surface area contributed by atoms with E-state index in [1.165, 1.54) is 11.3 Å². The predicted octanol–water partition coefficient (Wildman–Crippen LogP) is 4.26. The summed E-state index contributed by atoms with van der Waals surface area (Å²) in [5, 5.41) is 30.0. The van der Waals surface area contributed by atoms with Gasteiger partial charge in [0.1, 0.15) is 28.5 Å². The van der Waals surface area contributed by atoms with E-state index in [0.717, 1.165) is 36.1 Å². The third-order valence-electron chi connectivity index (χ3n) is 4.71. The third kappa shape index (κ3) is 2.35. The van der Waals surface area contributed by atoms with Crippen molar-refractivity contribution in [3.05, 3.63) is 57.0 Å². The highest BCUT2D eigenvalue weighted by Crippen LogP contribution is 2.40. The van der Waals surface area contributed by atoms with Gasteiger partial charge in [-0.05, 0) is 31.2 Å². The number of aliphatic imine (C=N–C) groups is 1. The minimum absolute atomic E-state index is 0.0936. The number of Topliss-reactive ketones (excluding diaryl/α,β-unsaturated/α-hetero) is 1. The molecule has 0 spiro atoms. The molecule has 2 aromatic rings. The molecule has 0 atom stereocenters. The van der Waals surface area contributed by atoms with Gasteiger partial charge in [0.15, 0.2) is 11.5 Å². The van der Waals surface area contributed by atoms with Crippen LogP contribution in [-0.2, 0) is 12.8 Å². The minimum Gasteiger partial charge on any atom is -0.506 e. The fraction of sp³-hybridized carbons (Fsp3) is 0.200. The molecule has 1 aromatic heterocycles. The lowest BCUT2D eigenvalue weighted by molar-refractivity contribution is 0.104. The van der Waals surface area contributed by atoms with E-state index in [2.05, 4.69) is 11.1 Å². The number of rotatable bonds is 2. The molecule has 0 aliphatic heterocycles. The van der Waals surface area contributed by atoms with E-state index in [4.69, 9.17) is 0 Å². The Morgan fingerprint density at radius 2 is 1.88 bits per heavy atom. The Labute approximate surface area is 154 Å². The summed E-state index contributed by atoms with van der Waals surface area (Å²) < 4.78 is 0.